The summed E-state index contributed by atoms with van der Waals surface area (Å²) in [5.41, 5.74) is 16.9. The molecule has 606 valence electrons. The molecule has 117 heavy (non-hydrogen) atoms. The number of anilines is 5. The lowest BCUT2D eigenvalue weighted by Crippen LogP contribution is -2.43. The molecule has 31 heteroatoms. The van der Waals surface area contributed by atoms with Crippen LogP contribution in [0.4, 0.5) is 54.8 Å². The standard InChI is InChI=1S/C86H89F6N19O5S/c1-53-12-15-68(96-81(112)60-26-55(46-105(6)7)29-65(32-60)84(3,4)5)38-77(53)109-50-75(100-102-109)64-37-72(44-94-42-64)115-24-18-58-13-16-69(97-82(113)61-27-56(47-106-19-8-9-20-106)30-66(33-61)85(87,88)89)39-78(58)110-51-74(99-103-110)63-35-71(43-93-41-63)108-23-25-116-73(49-108)36-59-14-17-70(40-79(59)111-52-76(101-104-111)80-45-95-54(2)117-80)98-83(114)62-28-57(48-107-21-10-11-22-107)31-67(34-62)86(90,91)92/h12-17,26-35,37-45,50-52,73,100,102H,8-11,18-25,36,46-49H2,1-7H3,(H,96,112)(H,97,113)(H,98,114). The number of carbonyl (C=O) groups excluding carboxylic acids is 3. The molecule has 9 heterocycles. The molecule has 5 aromatic heterocycles. The maximum Gasteiger partial charge on any atom is 0.416 e. The van der Waals surface area contributed by atoms with E-state index < -0.39 is 41.4 Å². The van der Waals surface area contributed by atoms with E-state index >= 15 is 0 Å². The van der Waals surface area contributed by atoms with Crippen molar-refractivity contribution in [1.29, 1.82) is 0 Å². The van der Waals surface area contributed by atoms with Crippen molar-refractivity contribution in [1.82, 2.24) is 70.6 Å². The number of nitrogens with zero attached hydrogens (tertiary/aromatic N) is 14. The Labute approximate surface area is 676 Å². The van der Waals surface area contributed by atoms with E-state index in [9.17, 15) is 40.7 Å². The van der Waals surface area contributed by atoms with Crippen LogP contribution >= 0.6 is 11.3 Å². The number of pyridine rings is 2. The van der Waals surface area contributed by atoms with Crippen LogP contribution < -0.4 is 41.6 Å². The lowest BCUT2D eigenvalue weighted by Gasteiger charge is -2.34. The van der Waals surface area contributed by atoms with E-state index in [2.05, 4.69) is 109 Å². The van der Waals surface area contributed by atoms with E-state index in [1.165, 1.54) is 23.5 Å². The third kappa shape index (κ3) is 19.7. The molecule has 0 saturated carbocycles. The fraction of sp³-hybridized carbons (Fsp3) is 0.326. The molecule has 0 radical (unpaired) electrons. The highest BCUT2D eigenvalue weighted by atomic mass is 32.1. The second-order valence-corrected chi connectivity index (χ2v) is 32.6. The van der Waals surface area contributed by atoms with Gasteiger partial charge in [-0.15, -0.1) is 27.1 Å². The van der Waals surface area contributed by atoms with Gasteiger partial charge in [-0.1, -0.05) is 55.5 Å². The number of aromatic nitrogens is 9. The summed E-state index contributed by atoms with van der Waals surface area (Å²) in [6, 6.07) is 33.0. The minimum Gasteiger partial charge on any atom is -0.492 e. The highest BCUT2D eigenvalue weighted by molar-refractivity contribution is 7.15. The Morgan fingerprint density at radius 3 is 1.74 bits per heavy atom. The number of hydrazine groups is 2. The van der Waals surface area contributed by atoms with Crippen molar-refractivity contribution in [3.63, 3.8) is 0 Å². The van der Waals surface area contributed by atoms with Crippen LogP contribution in [0.1, 0.15) is 138 Å². The molecule has 4 aliphatic heterocycles. The summed E-state index contributed by atoms with van der Waals surface area (Å²) in [5, 5.41) is 29.7. The van der Waals surface area contributed by atoms with Crippen molar-refractivity contribution >= 4 is 63.2 Å². The number of hydrogen-bond donors (Lipinski definition) is 5. The van der Waals surface area contributed by atoms with Crippen LogP contribution in [0, 0.1) is 13.8 Å². The van der Waals surface area contributed by atoms with Crippen LogP contribution in [0.3, 0.4) is 0 Å². The molecule has 1 unspecified atom stereocenters. The predicted molar refractivity (Wildman–Crippen MR) is 437 cm³/mol. The van der Waals surface area contributed by atoms with Gasteiger partial charge < -0.3 is 40.6 Å². The fourth-order valence-corrected chi connectivity index (χ4v) is 15.7. The number of benzene rings is 6. The maximum absolute atomic E-state index is 14.5. The third-order valence-corrected chi connectivity index (χ3v) is 21.9. The minimum atomic E-state index is -4.70. The van der Waals surface area contributed by atoms with Crippen LogP contribution in [0.2, 0.25) is 0 Å². The number of nitrogens with one attached hydrogen (secondary N) is 5. The number of hydrogen-bond acceptors (Lipinski definition) is 20. The highest BCUT2D eigenvalue weighted by Gasteiger charge is 2.35. The molecule has 1 atom stereocenters. The molecule has 0 aliphatic carbocycles. The van der Waals surface area contributed by atoms with E-state index in [0.29, 0.717) is 118 Å². The highest BCUT2D eigenvalue weighted by Crippen LogP contribution is 2.38. The minimum absolute atomic E-state index is 0.121. The van der Waals surface area contributed by atoms with Gasteiger partial charge in [0.05, 0.1) is 93.6 Å². The van der Waals surface area contributed by atoms with Gasteiger partial charge in [0, 0.05) is 115 Å². The van der Waals surface area contributed by atoms with Crippen molar-refractivity contribution in [3.8, 4) is 39.0 Å². The summed E-state index contributed by atoms with van der Waals surface area (Å²) in [5.74, 6) is -1.20. The number of ether oxygens (including phenoxy) is 2. The molecule has 3 fully saturated rings. The second kappa shape index (κ2) is 34.2. The van der Waals surface area contributed by atoms with Crippen LogP contribution in [0.25, 0.3) is 38.9 Å². The molecular formula is C86H89F6N19O5S. The molecule has 6 aromatic carbocycles. The Balaban J connectivity index is 0.661. The van der Waals surface area contributed by atoms with Crippen LogP contribution in [-0.2, 0) is 55.0 Å². The zero-order valence-corrected chi connectivity index (χ0v) is 66.6. The number of aryl methyl sites for hydroxylation is 2. The first-order chi connectivity index (χ1) is 56.1. The summed E-state index contributed by atoms with van der Waals surface area (Å²) in [7, 11) is 4.00. The number of alkyl halides is 6. The van der Waals surface area contributed by atoms with Gasteiger partial charge in [0.2, 0.25) is 0 Å². The molecular weight excluding hydrogens is 1530 g/mol. The zero-order chi connectivity index (χ0) is 81.9. The number of amides is 3. The zero-order valence-electron chi connectivity index (χ0n) is 65.7. The first kappa shape index (κ1) is 80.4. The summed E-state index contributed by atoms with van der Waals surface area (Å²) < 4.78 is 103. The van der Waals surface area contributed by atoms with Crippen molar-refractivity contribution in [2.45, 2.75) is 117 Å². The topological polar surface area (TPSA) is 246 Å². The lowest BCUT2D eigenvalue weighted by atomic mass is 9.85. The van der Waals surface area contributed by atoms with Crippen LogP contribution in [0.5, 0.6) is 5.75 Å². The van der Waals surface area contributed by atoms with Crippen molar-refractivity contribution in [2.75, 3.05) is 92.4 Å². The Morgan fingerprint density at radius 2 is 1.15 bits per heavy atom. The molecule has 3 saturated heterocycles. The second-order valence-electron chi connectivity index (χ2n) is 31.3. The number of likely N-dealkylation sites (tertiary alicyclic amines) is 2. The van der Waals surface area contributed by atoms with Gasteiger partial charge in [-0.2, -0.15) is 26.3 Å². The van der Waals surface area contributed by atoms with Gasteiger partial charge in [-0.25, -0.2) is 14.3 Å². The SMILES string of the molecule is Cc1ncc(-c2cn(-c3cc(NC(=O)c4cc(CN5CCCC5)cc(C(F)(F)F)c4)ccc3CC3CN(c4cncc(-c5cn(-c6cc(NC(=O)c7cc(CN8CCCC8)cc(C(F)(F)F)c7)ccc6CCOc6cncc(C7=CN(c8cc(NC(=O)c9cc(CN(C)C)cc(C(C)(C)C)c9)ccc8C)NN7)c6)nn5)c4)CCO3)nn2)s1. The van der Waals surface area contributed by atoms with E-state index in [1.54, 1.807) is 83.1 Å². The average Bonchev–Trinajstić information content (AvgIpc) is 1.79. The van der Waals surface area contributed by atoms with Crippen molar-refractivity contribution in [2.24, 2.45) is 0 Å². The monoisotopic (exact) mass is 1610 g/mol. The number of halogens is 6. The van der Waals surface area contributed by atoms with Gasteiger partial charge in [0.25, 0.3) is 17.7 Å². The number of rotatable bonds is 25. The molecule has 11 aromatic rings. The molecule has 0 bridgehead atoms. The van der Waals surface area contributed by atoms with E-state index in [0.717, 1.165) is 120 Å². The summed E-state index contributed by atoms with van der Waals surface area (Å²) >= 11 is 1.45. The van der Waals surface area contributed by atoms with Crippen molar-refractivity contribution in [3.05, 3.63) is 248 Å². The number of thiazole rings is 1. The summed E-state index contributed by atoms with van der Waals surface area (Å²) in [4.78, 5) is 65.0. The summed E-state index contributed by atoms with van der Waals surface area (Å²) in [6.07, 6.45) is 8.51. The first-order valence-electron chi connectivity index (χ1n) is 38.8. The van der Waals surface area contributed by atoms with E-state index in [-0.39, 0.29) is 47.8 Å². The van der Waals surface area contributed by atoms with Crippen LogP contribution in [0.15, 0.2) is 171 Å². The molecule has 0 spiro atoms. The maximum atomic E-state index is 14.5. The van der Waals surface area contributed by atoms with Gasteiger partial charge in [-0.3, -0.25) is 39.2 Å². The van der Waals surface area contributed by atoms with Crippen molar-refractivity contribution < 1.29 is 50.2 Å². The lowest BCUT2D eigenvalue weighted by molar-refractivity contribution is -0.138. The Hall–Kier alpha value is -11.7. The van der Waals surface area contributed by atoms with E-state index in [4.69, 9.17) is 9.47 Å². The van der Waals surface area contributed by atoms with E-state index in [1.807, 2.05) is 87.7 Å². The Kier molecular flexibility index (Phi) is 23.5. The predicted octanol–water partition coefficient (Wildman–Crippen LogP) is 15.3. The normalized spacial score (nSPS) is 15.6. The van der Waals surface area contributed by atoms with Gasteiger partial charge in [0.15, 0.2) is 0 Å². The fourth-order valence-electron chi connectivity index (χ4n) is 15.0. The quantitative estimate of drug-likeness (QED) is 0.0334. The Morgan fingerprint density at radius 1 is 0.598 bits per heavy atom. The summed E-state index contributed by atoms with van der Waals surface area (Å²) in [6.45, 7) is 15.9. The molecule has 15 rings (SSSR count). The van der Waals surface area contributed by atoms with Crippen LogP contribution in [-0.4, -0.2) is 150 Å². The van der Waals surface area contributed by atoms with Gasteiger partial charge in [-0.05, 0) is 221 Å². The number of carbonyl (C=O) groups is 3. The molecule has 24 nitrogen and oxygen atoms in total. The molecule has 4 aliphatic rings. The van der Waals surface area contributed by atoms with Gasteiger partial charge in [0.1, 0.15) is 17.1 Å². The average molecular weight is 1610 g/mol. The number of morpholine rings is 1. The molecule has 3 amide bonds. The molecule has 5 N–H and O–H groups in total. The Bertz CT molecular complexity index is 5530. The van der Waals surface area contributed by atoms with Gasteiger partial charge >= 0.3 is 12.4 Å². The largest absolute Gasteiger partial charge is 0.492 e. The third-order valence-electron chi connectivity index (χ3n) is 21.0. The smallest absolute Gasteiger partial charge is 0.416 e. The first-order valence-corrected chi connectivity index (χ1v) is 39.6.